The molecule has 0 aliphatic carbocycles. The summed E-state index contributed by atoms with van der Waals surface area (Å²) in [4.78, 5) is 35.7. The van der Waals surface area contributed by atoms with Gasteiger partial charge in [-0.25, -0.2) is 9.80 Å². The van der Waals surface area contributed by atoms with Gasteiger partial charge >= 0.3 is 5.97 Å². The quantitative estimate of drug-likeness (QED) is 0.503. The molecule has 7 heteroatoms. The van der Waals surface area contributed by atoms with E-state index in [1.807, 2.05) is 6.07 Å². The highest BCUT2D eigenvalue weighted by Gasteiger charge is 2.34. The smallest absolute Gasteiger partial charge is 0.343 e. The molecule has 132 valence electrons. The molecule has 26 heavy (non-hydrogen) atoms. The number of esters is 1. The van der Waals surface area contributed by atoms with E-state index in [0.29, 0.717) is 17.0 Å². The second-order valence-electron chi connectivity index (χ2n) is 5.41. The van der Waals surface area contributed by atoms with Gasteiger partial charge in [0.25, 0.3) is 11.8 Å². The third kappa shape index (κ3) is 3.72. The number of amides is 2. The van der Waals surface area contributed by atoms with Crippen LogP contribution in [0.2, 0.25) is 0 Å². The molecular formula is C19H16N2O5. The Morgan fingerprint density at radius 2 is 1.77 bits per heavy atom. The number of para-hydroxylation sites is 1. The fourth-order valence-electron chi connectivity index (χ4n) is 2.34. The summed E-state index contributed by atoms with van der Waals surface area (Å²) in [6.45, 7) is -0.191. The number of nitrogens with one attached hydrogen (secondary N) is 1. The second kappa shape index (κ2) is 7.52. The molecule has 0 aromatic heterocycles. The first-order valence-electron chi connectivity index (χ1n) is 7.80. The molecule has 2 aromatic carbocycles. The lowest BCUT2D eigenvalue weighted by Crippen LogP contribution is -2.35. The molecule has 1 aliphatic heterocycles. The zero-order chi connectivity index (χ0) is 18.5. The van der Waals surface area contributed by atoms with E-state index in [2.05, 4.69) is 10.2 Å². The van der Waals surface area contributed by atoms with Crippen LogP contribution < -0.4 is 15.2 Å². The molecule has 0 spiro atoms. The zero-order valence-corrected chi connectivity index (χ0v) is 14.0. The van der Waals surface area contributed by atoms with Crippen molar-refractivity contribution < 1.29 is 23.9 Å². The molecule has 0 bridgehead atoms. The van der Waals surface area contributed by atoms with Crippen molar-refractivity contribution >= 4 is 29.5 Å². The average molecular weight is 352 g/mol. The normalized spacial score (nSPS) is 15.1. The highest BCUT2D eigenvalue weighted by Crippen LogP contribution is 2.22. The summed E-state index contributed by atoms with van der Waals surface area (Å²) >= 11 is 0. The Labute approximate surface area is 149 Å². The van der Waals surface area contributed by atoms with Gasteiger partial charge in [-0.3, -0.25) is 15.0 Å². The minimum absolute atomic E-state index is 0.0390. The lowest BCUT2D eigenvalue weighted by molar-refractivity contribution is -0.142. The maximum atomic E-state index is 12.5. The number of methoxy groups -OCH3 is 1. The summed E-state index contributed by atoms with van der Waals surface area (Å²) in [5.74, 6) is -0.895. The van der Waals surface area contributed by atoms with E-state index in [4.69, 9.17) is 4.74 Å². The zero-order valence-electron chi connectivity index (χ0n) is 14.0. The van der Waals surface area contributed by atoms with Crippen LogP contribution in [-0.2, 0) is 19.1 Å². The van der Waals surface area contributed by atoms with Gasteiger partial charge in [-0.15, -0.1) is 0 Å². The first-order valence-corrected chi connectivity index (χ1v) is 7.80. The largest absolute Gasteiger partial charge is 0.482 e. The van der Waals surface area contributed by atoms with Crippen molar-refractivity contribution in [3.63, 3.8) is 0 Å². The van der Waals surface area contributed by atoms with Crippen LogP contribution in [0.1, 0.15) is 5.56 Å². The van der Waals surface area contributed by atoms with Crippen LogP contribution in [0.15, 0.2) is 60.2 Å². The number of hydrogen-bond donors (Lipinski definition) is 1. The monoisotopic (exact) mass is 352 g/mol. The SMILES string of the molecule is COC(=O)COc1ccc(/C=C2/C(=O)NN(c3ccccc3)C2=O)cc1. The Kier molecular flexibility index (Phi) is 4.98. The first kappa shape index (κ1) is 17.2. The van der Waals surface area contributed by atoms with Crippen LogP contribution in [0.25, 0.3) is 6.08 Å². The van der Waals surface area contributed by atoms with Gasteiger partial charge in [0, 0.05) is 0 Å². The Morgan fingerprint density at radius 1 is 1.08 bits per heavy atom. The van der Waals surface area contributed by atoms with Crippen molar-refractivity contribution in [1.82, 2.24) is 5.43 Å². The Bertz CT molecular complexity index is 859. The molecular weight excluding hydrogens is 336 g/mol. The van der Waals surface area contributed by atoms with E-state index in [-0.39, 0.29) is 12.2 Å². The van der Waals surface area contributed by atoms with Crippen molar-refractivity contribution in [3.05, 3.63) is 65.7 Å². The van der Waals surface area contributed by atoms with Gasteiger partial charge in [0.1, 0.15) is 11.3 Å². The van der Waals surface area contributed by atoms with E-state index in [1.54, 1.807) is 48.5 Å². The number of carbonyl (C=O) groups is 3. The lowest BCUT2D eigenvalue weighted by atomic mass is 10.1. The number of anilines is 1. The molecule has 0 unspecified atom stereocenters. The molecule has 2 amide bonds. The Balaban J connectivity index is 1.74. The van der Waals surface area contributed by atoms with Crippen molar-refractivity contribution in [2.75, 3.05) is 18.7 Å². The van der Waals surface area contributed by atoms with Gasteiger partial charge < -0.3 is 9.47 Å². The summed E-state index contributed by atoms with van der Waals surface area (Å²) in [7, 11) is 1.28. The van der Waals surface area contributed by atoms with Crippen molar-refractivity contribution in [2.24, 2.45) is 0 Å². The van der Waals surface area contributed by atoms with E-state index in [9.17, 15) is 14.4 Å². The molecule has 7 nitrogen and oxygen atoms in total. The number of ether oxygens (including phenoxy) is 2. The van der Waals surface area contributed by atoms with E-state index >= 15 is 0 Å². The van der Waals surface area contributed by atoms with Crippen LogP contribution in [0.3, 0.4) is 0 Å². The molecule has 1 aliphatic rings. The van der Waals surface area contributed by atoms with Crippen LogP contribution >= 0.6 is 0 Å². The highest BCUT2D eigenvalue weighted by molar-refractivity contribution is 6.31. The van der Waals surface area contributed by atoms with Gasteiger partial charge in [0.15, 0.2) is 6.61 Å². The minimum atomic E-state index is -0.481. The lowest BCUT2D eigenvalue weighted by Gasteiger charge is -2.13. The predicted molar refractivity (Wildman–Crippen MR) is 94.0 cm³/mol. The number of hydrogen-bond acceptors (Lipinski definition) is 5. The van der Waals surface area contributed by atoms with Gasteiger partial charge in [-0.2, -0.15) is 0 Å². The molecule has 0 saturated carbocycles. The molecule has 1 fully saturated rings. The van der Waals surface area contributed by atoms with E-state index < -0.39 is 17.8 Å². The fourth-order valence-corrected chi connectivity index (χ4v) is 2.34. The van der Waals surface area contributed by atoms with Crippen molar-refractivity contribution in [3.8, 4) is 5.75 Å². The Hall–Kier alpha value is -3.61. The number of carbonyl (C=O) groups excluding carboxylic acids is 3. The summed E-state index contributed by atoms with van der Waals surface area (Å²) in [6.07, 6.45) is 1.50. The van der Waals surface area contributed by atoms with Crippen LogP contribution in [-0.4, -0.2) is 31.5 Å². The first-order chi connectivity index (χ1) is 12.6. The third-order valence-corrected chi connectivity index (χ3v) is 3.68. The second-order valence-corrected chi connectivity index (χ2v) is 5.41. The maximum absolute atomic E-state index is 12.5. The molecule has 1 N–H and O–H groups in total. The highest BCUT2D eigenvalue weighted by atomic mass is 16.6. The number of benzene rings is 2. The third-order valence-electron chi connectivity index (χ3n) is 3.68. The van der Waals surface area contributed by atoms with Crippen LogP contribution in [0.5, 0.6) is 5.75 Å². The van der Waals surface area contributed by atoms with Gasteiger partial charge in [-0.05, 0) is 35.9 Å². The summed E-state index contributed by atoms with van der Waals surface area (Å²) in [5, 5.41) is 1.21. The molecule has 0 radical (unpaired) electrons. The predicted octanol–water partition coefficient (Wildman–Crippen LogP) is 1.70. The standard InChI is InChI=1S/C19H16N2O5/c1-25-17(22)12-26-15-9-7-13(8-10-15)11-16-18(23)20-21(19(16)24)14-5-3-2-4-6-14/h2-11H,12H2,1H3,(H,20,23)/b16-11-. The summed E-state index contributed by atoms with van der Waals surface area (Å²) < 4.78 is 9.75. The molecule has 2 aromatic rings. The van der Waals surface area contributed by atoms with Crippen LogP contribution in [0, 0.1) is 0 Å². The Morgan fingerprint density at radius 3 is 2.42 bits per heavy atom. The van der Waals surface area contributed by atoms with E-state index in [1.165, 1.54) is 18.2 Å². The summed E-state index contributed by atoms with van der Waals surface area (Å²) in [6, 6.07) is 15.5. The van der Waals surface area contributed by atoms with E-state index in [0.717, 1.165) is 0 Å². The van der Waals surface area contributed by atoms with Gasteiger partial charge in [-0.1, -0.05) is 30.3 Å². The molecule has 3 rings (SSSR count). The molecule has 1 saturated heterocycles. The fraction of sp³-hybridized carbons (Fsp3) is 0.105. The maximum Gasteiger partial charge on any atom is 0.343 e. The number of hydrazine groups is 1. The topological polar surface area (TPSA) is 84.9 Å². The minimum Gasteiger partial charge on any atom is -0.482 e. The summed E-state index contributed by atoms with van der Waals surface area (Å²) in [5.41, 5.74) is 3.82. The number of rotatable bonds is 5. The number of nitrogens with zero attached hydrogens (tertiary/aromatic N) is 1. The van der Waals surface area contributed by atoms with Crippen molar-refractivity contribution in [2.45, 2.75) is 0 Å². The molecule has 1 heterocycles. The average Bonchev–Trinajstić information content (AvgIpc) is 2.96. The molecule has 0 atom stereocenters. The van der Waals surface area contributed by atoms with Crippen molar-refractivity contribution in [1.29, 1.82) is 0 Å². The van der Waals surface area contributed by atoms with Crippen LogP contribution in [0.4, 0.5) is 5.69 Å². The van der Waals surface area contributed by atoms with Gasteiger partial charge in [0.2, 0.25) is 0 Å². The van der Waals surface area contributed by atoms with Gasteiger partial charge in [0.05, 0.1) is 12.8 Å².